The molecule has 3 atom stereocenters. The maximum absolute atomic E-state index is 13.9. The molecule has 1 rings (SSSR count). The molecular weight excluding hydrogens is 418 g/mol. The van der Waals surface area contributed by atoms with E-state index < -0.39 is 23.8 Å². The van der Waals surface area contributed by atoms with E-state index in [0.29, 0.717) is 13.0 Å². The molecule has 0 saturated carbocycles. The number of ether oxygens (including phenoxy) is 1. The first-order chi connectivity index (χ1) is 15.2. The van der Waals surface area contributed by atoms with Gasteiger partial charge in [0.15, 0.2) is 0 Å². The molecule has 0 aliphatic rings. The zero-order chi connectivity index (χ0) is 25.5. The van der Waals surface area contributed by atoms with Crippen molar-refractivity contribution in [3.05, 3.63) is 34.9 Å². The van der Waals surface area contributed by atoms with Crippen molar-refractivity contribution < 1.29 is 19.1 Å². The third-order valence-corrected chi connectivity index (χ3v) is 5.58. The zero-order valence-corrected chi connectivity index (χ0v) is 22.0. The van der Waals surface area contributed by atoms with Crippen molar-refractivity contribution in [2.75, 3.05) is 6.54 Å². The van der Waals surface area contributed by atoms with Crippen LogP contribution in [0.2, 0.25) is 0 Å². The first-order valence-electron chi connectivity index (χ1n) is 11.9. The third kappa shape index (κ3) is 8.06. The Morgan fingerprint density at radius 1 is 1.00 bits per heavy atom. The molecule has 186 valence electrons. The summed E-state index contributed by atoms with van der Waals surface area (Å²) < 4.78 is 5.41. The van der Waals surface area contributed by atoms with Crippen LogP contribution in [0.4, 0.5) is 4.79 Å². The number of nitrogens with one attached hydrogen (secondary N) is 2. The van der Waals surface area contributed by atoms with E-state index in [-0.39, 0.29) is 23.8 Å². The largest absolute Gasteiger partial charge is 0.444 e. The van der Waals surface area contributed by atoms with Crippen molar-refractivity contribution >= 4 is 17.9 Å². The molecular formula is C26H43N3O4. The fourth-order valence-corrected chi connectivity index (χ4v) is 3.81. The van der Waals surface area contributed by atoms with E-state index in [1.807, 2.05) is 66.7 Å². The molecule has 33 heavy (non-hydrogen) atoms. The lowest BCUT2D eigenvalue weighted by Crippen LogP contribution is -2.55. The SMILES string of the molecule is CCC(C)C(NC(=O)OC(C)(C)C)C(=O)N(CC)C(C(=O)NC(C)C)c1c(C)cccc1C. The molecule has 3 amide bonds. The second-order valence-corrected chi connectivity index (χ2v) is 10.0. The smallest absolute Gasteiger partial charge is 0.408 e. The van der Waals surface area contributed by atoms with Crippen LogP contribution in [0.15, 0.2) is 18.2 Å². The number of benzene rings is 1. The summed E-state index contributed by atoms with van der Waals surface area (Å²) in [6, 6.07) is 4.13. The molecule has 0 aliphatic heterocycles. The van der Waals surface area contributed by atoms with Crippen molar-refractivity contribution in [2.45, 2.75) is 99.4 Å². The second-order valence-electron chi connectivity index (χ2n) is 10.0. The molecule has 2 N–H and O–H groups in total. The predicted molar refractivity (Wildman–Crippen MR) is 132 cm³/mol. The number of aryl methyl sites for hydroxylation is 2. The van der Waals surface area contributed by atoms with Gasteiger partial charge >= 0.3 is 6.09 Å². The standard InChI is InChI=1S/C26H43N3O4/c1-11-17(5)21(28-25(32)33-26(8,9)10)24(31)29(12-2)22(23(30)27-16(3)4)20-18(6)14-13-15-19(20)7/h13-17,21-22H,11-12H2,1-10H3,(H,27,30)(H,28,32). The predicted octanol–water partition coefficient (Wildman–Crippen LogP) is 4.66. The maximum Gasteiger partial charge on any atom is 0.408 e. The van der Waals surface area contributed by atoms with Crippen LogP contribution in [0.5, 0.6) is 0 Å². The monoisotopic (exact) mass is 461 g/mol. The van der Waals surface area contributed by atoms with Crippen LogP contribution in [0.25, 0.3) is 0 Å². The van der Waals surface area contributed by atoms with Crippen LogP contribution in [-0.4, -0.2) is 47.0 Å². The highest BCUT2D eigenvalue weighted by Crippen LogP contribution is 2.29. The van der Waals surface area contributed by atoms with Gasteiger partial charge in [-0.15, -0.1) is 0 Å². The van der Waals surface area contributed by atoms with Gasteiger partial charge < -0.3 is 20.3 Å². The van der Waals surface area contributed by atoms with Gasteiger partial charge in [-0.2, -0.15) is 0 Å². The van der Waals surface area contributed by atoms with Crippen LogP contribution in [0.1, 0.15) is 84.5 Å². The van der Waals surface area contributed by atoms with Gasteiger partial charge in [-0.25, -0.2) is 4.79 Å². The van der Waals surface area contributed by atoms with E-state index in [1.165, 1.54) is 0 Å². The highest BCUT2D eigenvalue weighted by molar-refractivity contribution is 5.92. The fourth-order valence-electron chi connectivity index (χ4n) is 3.81. The topological polar surface area (TPSA) is 87.7 Å². The summed E-state index contributed by atoms with van der Waals surface area (Å²) in [5, 5.41) is 5.74. The molecule has 0 radical (unpaired) electrons. The summed E-state index contributed by atoms with van der Waals surface area (Å²) in [4.78, 5) is 41.4. The maximum atomic E-state index is 13.9. The molecule has 0 aliphatic carbocycles. The van der Waals surface area contributed by atoms with E-state index in [4.69, 9.17) is 4.74 Å². The number of likely N-dealkylation sites (N-methyl/N-ethyl adjacent to an activating group) is 1. The fraction of sp³-hybridized carbons (Fsp3) is 0.654. The number of alkyl carbamates (subject to hydrolysis) is 1. The van der Waals surface area contributed by atoms with Crippen LogP contribution >= 0.6 is 0 Å². The molecule has 0 heterocycles. The minimum Gasteiger partial charge on any atom is -0.444 e. The lowest BCUT2D eigenvalue weighted by Gasteiger charge is -2.36. The van der Waals surface area contributed by atoms with Gasteiger partial charge in [-0.1, -0.05) is 38.5 Å². The second kappa shape index (κ2) is 12.1. The van der Waals surface area contributed by atoms with Crippen molar-refractivity contribution in [3.63, 3.8) is 0 Å². The van der Waals surface area contributed by atoms with Gasteiger partial charge in [0.2, 0.25) is 11.8 Å². The number of hydrogen-bond acceptors (Lipinski definition) is 4. The molecule has 1 aromatic rings. The number of carbonyl (C=O) groups excluding carboxylic acids is 3. The highest BCUT2D eigenvalue weighted by atomic mass is 16.6. The molecule has 0 bridgehead atoms. The van der Waals surface area contributed by atoms with Gasteiger partial charge in [0.1, 0.15) is 17.7 Å². The lowest BCUT2D eigenvalue weighted by atomic mass is 9.92. The van der Waals surface area contributed by atoms with Crippen molar-refractivity contribution in [2.24, 2.45) is 5.92 Å². The average molecular weight is 462 g/mol. The Bertz CT molecular complexity index is 809. The summed E-state index contributed by atoms with van der Waals surface area (Å²) in [6.45, 7) is 19.0. The minimum atomic E-state index is -0.816. The van der Waals surface area contributed by atoms with Gasteiger partial charge in [0.25, 0.3) is 0 Å². The number of amides is 3. The Morgan fingerprint density at radius 3 is 1.97 bits per heavy atom. The van der Waals surface area contributed by atoms with E-state index in [2.05, 4.69) is 10.6 Å². The molecule has 7 nitrogen and oxygen atoms in total. The highest BCUT2D eigenvalue weighted by Gasteiger charge is 2.38. The summed E-state index contributed by atoms with van der Waals surface area (Å²) in [7, 11) is 0. The van der Waals surface area contributed by atoms with Gasteiger partial charge in [0, 0.05) is 12.6 Å². The van der Waals surface area contributed by atoms with E-state index >= 15 is 0 Å². The first-order valence-corrected chi connectivity index (χ1v) is 11.9. The van der Waals surface area contributed by atoms with Crippen molar-refractivity contribution in [1.29, 1.82) is 0 Å². The molecule has 0 saturated heterocycles. The summed E-state index contributed by atoms with van der Waals surface area (Å²) in [5.41, 5.74) is 2.00. The van der Waals surface area contributed by atoms with Gasteiger partial charge in [-0.05, 0) is 78.0 Å². The molecule has 0 fully saturated rings. The van der Waals surface area contributed by atoms with Crippen LogP contribution in [0.3, 0.4) is 0 Å². The Hall–Kier alpha value is -2.57. The van der Waals surface area contributed by atoms with Crippen molar-refractivity contribution in [3.8, 4) is 0 Å². The van der Waals surface area contributed by atoms with E-state index in [1.54, 1.807) is 25.7 Å². The number of carbonyl (C=O) groups is 3. The van der Waals surface area contributed by atoms with Crippen LogP contribution in [0, 0.1) is 19.8 Å². The third-order valence-electron chi connectivity index (χ3n) is 5.58. The summed E-state index contributed by atoms with van der Waals surface area (Å²) >= 11 is 0. The summed E-state index contributed by atoms with van der Waals surface area (Å²) in [6.07, 6.45) is 0.0307. The summed E-state index contributed by atoms with van der Waals surface area (Å²) in [5.74, 6) is -0.687. The molecule has 0 aromatic heterocycles. The van der Waals surface area contributed by atoms with E-state index in [0.717, 1.165) is 16.7 Å². The molecule has 0 spiro atoms. The molecule has 7 heteroatoms. The lowest BCUT2D eigenvalue weighted by molar-refractivity contribution is -0.143. The Labute approximate surface area is 199 Å². The Balaban J connectivity index is 3.48. The van der Waals surface area contributed by atoms with Crippen LogP contribution < -0.4 is 10.6 Å². The number of nitrogens with zero attached hydrogens (tertiary/aromatic N) is 1. The Kier molecular flexibility index (Phi) is 10.4. The first kappa shape index (κ1) is 28.5. The Morgan fingerprint density at radius 2 is 1.55 bits per heavy atom. The normalized spacial score (nSPS) is 14.3. The van der Waals surface area contributed by atoms with Gasteiger partial charge in [0.05, 0.1) is 0 Å². The van der Waals surface area contributed by atoms with E-state index in [9.17, 15) is 14.4 Å². The quantitative estimate of drug-likeness (QED) is 0.560. The van der Waals surface area contributed by atoms with Crippen LogP contribution in [-0.2, 0) is 14.3 Å². The molecule has 1 aromatic carbocycles. The number of rotatable bonds is 9. The zero-order valence-electron chi connectivity index (χ0n) is 22.0. The minimum absolute atomic E-state index is 0.0802. The van der Waals surface area contributed by atoms with Gasteiger partial charge in [-0.3, -0.25) is 9.59 Å². The molecule has 3 unspecified atom stereocenters. The van der Waals surface area contributed by atoms with Crippen molar-refractivity contribution in [1.82, 2.24) is 15.5 Å². The average Bonchev–Trinajstić information content (AvgIpc) is 2.68. The number of hydrogen-bond donors (Lipinski definition) is 2.